The minimum absolute atomic E-state index is 0.00200. The highest BCUT2D eigenvalue weighted by Gasteiger charge is 2.37. The van der Waals surface area contributed by atoms with Crippen molar-refractivity contribution in [1.82, 2.24) is 10.2 Å². The van der Waals surface area contributed by atoms with Crippen molar-refractivity contribution in [3.63, 3.8) is 0 Å². The molecule has 1 heterocycles. The van der Waals surface area contributed by atoms with Gasteiger partial charge in [-0.05, 0) is 37.3 Å². The van der Waals surface area contributed by atoms with E-state index in [2.05, 4.69) is 31.4 Å². The van der Waals surface area contributed by atoms with Gasteiger partial charge in [-0.15, -0.1) is 0 Å². The lowest BCUT2D eigenvalue weighted by Crippen LogP contribution is -2.49. The number of nitrogens with one attached hydrogen (secondary N) is 2. The van der Waals surface area contributed by atoms with Crippen LogP contribution in [0.1, 0.15) is 51.5 Å². The first kappa shape index (κ1) is 16.8. The molecule has 3 amide bonds. The maximum atomic E-state index is 12.7. The molecular weight excluding hydrogens is 302 g/mol. The summed E-state index contributed by atoms with van der Waals surface area (Å²) in [7, 11) is 0. The number of para-hydroxylation sites is 1. The Morgan fingerprint density at radius 3 is 2.67 bits per heavy atom. The molecule has 2 N–H and O–H groups in total. The Labute approximate surface area is 143 Å². The topological polar surface area (TPSA) is 61.4 Å². The Morgan fingerprint density at radius 1 is 1.29 bits per heavy atom. The quantitative estimate of drug-likeness (QED) is 0.870. The van der Waals surface area contributed by atoms with Crippen LogP contribution in [0.3, 0.4) is 0 Å². The third kappa shape index (κ3) is 3.55. The first-order chi connectivity index (χ1) is 11.5. The zero-order valence-corrected chi connectivity index (χ0v) is 14.7. The SMILES string of the molecule is CC(C)[C@H](C)N(C(=O)NC[C@H]1CC(=O)Nc2ccccc21)C1CC1. The van der Waals surface area contributed by atoms with Crippen molar-refractivity contribution in [2.75, 3.05) is 11.9 Å². The summed E-state index contributed by atoms with van der Waals surface area (Å²) < 4.78 is 0. The summed E-state index contributed by atoms with van der Waals surface area (Å²) in [5.41, 5.74) is 1.97. The maximum absolute atomic E-state index is 12.7. The zero-order valence-electron chi connectivity index (χ0n) is 14.7. The Kier molecular flexibility index (Phi) is 4.78. The summed E-state index contributed by atoms with van der Waals surface area (Å²) in [6, 6.07) is 8.44. The number of benzene rings is 1. The first-order valence-electron chi connectivity index (χ1n) is 8.92. The van der Waals surface area contributed by atoms with Crippen LogP contribution in [0.5, 0.6) is 0 Å². The molecule has 1 aromatic rings. The lowest BCUT2D eigenvalue weighted by Gasteiger charge is -2.33. The minimum Gasteiger partial charge on any atom is -0.337 e. The van der Waals surface area contributed by atoms with E-state index in [0.717, 1.165) is 24.1 Å². The van der Waals surface area contributed by atoms with Gasteiger partial charge >= 0.3 is 6.03 Å². The van der Waals surface area contributed by atoms with Crippen molar-refractivity contribution in [2.45, 2.75) is 58.0 Å². The fourth-order valence-electron chi connectivity index (χ4n) is 3.34. The van der Waals surface area contributed by atoms with Gasteiger partial charge in [0.25, 0.3) is 0 Å². The number of carbonyl (C=O) groups is 2. The predicted molar refractivity (Wildman–Crippen MR) is 95.0 cm³/mol. The van der Waals surface area contributed by atoms with Crippen LogP contribution < -0.4 is 10.6 Å². The Morgan fingerprint density at radius 2 is 2.00 bits per heavy atom. The Hall–Kier alpha value is -2.04. The molecule has 1 aromatic carbocycles. The molecule has 24 heavy (non-hydrogen) atoms. The van der Waals surface area contributed by atoms with E-state index < -0.39 is 0 Å². The van der Waals surface area contributed by atoms with E-state index >= 15 is 0 Å². The van der Waals surface area contributed by atoms with Crippen LogP contribution in [0.2, 0.25) is 0 Å². The van der Waals surface area contributed by atoms with Gasteiger partial charge in [-0.3, -0.25) is 4.79 Å². The predicted octanol–water partition coefficient (Wildman–Crippen LogP) is 3.33. The third-order valence-corrected chi connectivity index (χ3v) is 5.18. The van der Waals surface area contributed by atoms with Crippen LogP contribution in [0.25, 0.3) is 0 Å². The normalized spacial score (nSPS) is 21.0. The number of urea groups is 1. The minimum atomic E-state index is 0.00200. The largest absolute Gasteiger partial charge is 0.337 e. The van der Waals surface area contributed by atoms with Gasteiger partial charge in [0.1, 0.15) is 0 Å². The van der Waals surface area contributed by atoms with Crippen LogP contribution >= 0.6 is 0 Å². The second kappa shape index (κ2) is 6.83. The van der Waals surface area contributed by atoms with E-state index in [1.165, 1.54) is 0 Å². The van der Waals surface area contributed by atoms with Crippen LogP contribution in [0.4, 0.5) is 10.5 Å². The highest BCUT2D eigenvalue weighted by Crippen LogP contribution is 2.33. The fourth-order valence-corrected chi connectivity index (χ4v) is 3.34. The molecule has 0 unspecified atom stereocenters. The summed E-state index contributed by atoms with van der Waals surface area (Å²) in [6.45, 7) is 6.91. The number of hydrogen-bond acceptors (Lipinski definition) is 2. The molecule has 1 fully saturated rings. The van der Waals surface area contributed by atoms with Gasteiger partial charge < -0.3 is 15.5 Å². The van der Waals surface area contributed by atoms with Crippen molar-refractivity contribution in [3.05, 3.63) is 29.8 Å². The second-order valence-corrected chi connectivity index (χ2v) is 7.35. The summed E-state index contributed by atoms with van der Waals surface area (Å²) >= 11 is 0. The van der Waals surface area contributed by atoms with E-state index in [-0.39, 0.29) is 23.9 Å². The van der Waals surface area contributed by atoms with E-state index in [9.17, 15) is 9.59 Å². The molecule has 0 bridgehead atoms. The lowest BCUT2D eigenvalue weighted by molar-refractivity contribution is -0.116. The first-order valence-corrected chi connectivity index (χ1v) is 8.92. The van der Waals surface area contributed by atoms with Gasteiger partial charge in [0.05, 0.1) is 0 Å². The molecule has 5 nitrogen and oxygen atoms in total. The average molecular weight is 329 g/mol. The molecule has 130 valence electrons. The number of amides is 3. The van der Waals surface area contributed by atoms with Crippen molar-refractivity contribution < 1.29 is 9.59 Å². The summed E-state index contributed by atoms with van der Waals surface area (Å²) in [5, 5.41) is 5.98. The zero-order chi connectivity index (χ0) is 17.3. The average Bonchev–Trinajstić information content (AvgIpc) is 3.37. The third-order valence-electron chi connectivity index (χ3n) is 5.18. The van der Waals surface area contributed by atoms with Gasteiger partial charge in [0.15, 0.2) is 0 Å². The van der Waals surface area contributed by atoms with Crippen molar-refractivity contribution in [2.24, 2.45) is 5.92 Å². The Balaban J connectivity index is 1.66. The monoisotopic (exact) mass is 329 g/mol. The van der Waals surface area contributed by atoms with Gasteiger partial charge in [0.2, 0.25) is 5.91 Å². The van der Waals surface area contributed by atoms with Gasteiger partial charge in [-0.2, -0.15) is 0 Å². The second-order valence-electron chi connectivity index (χ2n) is 7.35. The molecule has 5 heteroatoms. The number of nitrogens with zero attached hydrogens (tertiary/aromatic N) is 1. The number of fused-ring (bicyclic) bond motifs is 1. The molecule has 0 spiro atoms. The van der Waals surface area contributed by atoms with Crippen LogP contribution in [0.15, 0.2) is 24.3 Å². The highest BCUT2D eigenvalue weighted by atomic mass is 16.2. The van der Waals surface area contributed by atoms with E-state index in [1.807, 2.05) is 29.2 Å². The molecule has 2 atom stereocenters. The number of carbonyl (C=O) groups excluding carboxylic acids is 2. The van der Waals surface area contributed by atoms with Gasteiger partial charge in [-0.1, -0.05) is 32.0 Å². The molecular formula is C19H27N3O2. The lowest BCUT2D eigenvalue weighted by atomic mass is 9.90. The molecule has 0 radical (unpaired) electrons. The van der Waals surface area contributed by atoms with Crippen LogP contribution in [-0.2, 0) is 4.79 Å². The molecule has 0 aromatic heterocycles. The van der Waals surface area contributed by atoms with E-state index in [4.69, 9.17) is 0 Å². The molecule has 1 aliphatic carbocycles. The van der Waals surface area contributed by atoms with E-state index in [1.54, 1.807) is 0 Å². The van der Waals surface area contributed by atoms with E-state index in [0.29, 0.717) is 24.9 Å². The number of rotatable bonds is 5. The standard InChI is InChI=1S/C19H27N3O2/c1-12(2)13(3)22(15-8-9-15)19(24)20-11-14-10-18(23)21-17-7-5-4-6-16(14)17/h4-7,12-15H,8-11H2,1-3H3,(H,20,24)(H,21,23)/t13-,14+/m0/s1. The molecule has 3 rings (SSSR count). The number of anilines is 1. The summed E-state index contributed by atoms with van der Waals surface area (Å²) in [6.07, 6.45) is 2.61. The smallest absolute Gasteiger partial charge is 0.317 e. The van der Waals surface area contributed by atoms with Crippen LogP contribution in [0, 0.1) is 5.92 Å². The molecule has 1 aliphatic heterocycles. The number of hydrogen-bond donors (Lipinski definition) is 2. The molecule has 0 saturated heterocycles. The van der Waals surface area contributed by atoms with Gasteiger partial charge in [0, 0.05) is 36.7 Å². The fraction of sp³-hybridized carbons (Fsp3) is 0.579. The van der Waals surface area contributed by atoms with Crippen molar-refractivity contribution in [3.8, 4) is 0 Å². The summed E-state index contributed by atoms with van der Waals surface area (Å²) in [4.78, 5) is 26.6. The van der Waals surface area contributed by atoms with Gasteiger partial charge in [-0.25, -0.2) is 4.79 Å². The van der Waals surface area contributed by atoms with Crippen LogP contribution in [-0.4, -0.2) is 35.5 Å². The highest BCUT2D eigenvalue weighted by molar-refractivity contribution is 5.94. The maximum Gasteiger partial charge on any atom is 0.317 e. The summed E-state index contributed by atoms with van der Waals surface area (Å²) in [5.74, 6) is 0.481. The molecule has 1 saturated carbocycles. The molecule has 2 aliphatic rings. The van der Waals surface area contributed by atoms with Crippen molar-refractivity contribution >= 4 is 17.6 Å². The van der Waals surface area contributed by atoms with Crippen molar-refractivity contribution in [1.29, 1.82) is 0 Å². The Bertz CT molecular complexity index is 625.